The van der Waals surface area contributed by atoms with Crippen LogP contribution in [0.1, 0.15) is 11.4 Å². The molecule has 0 aliphatic heterocycles. The number of nitrogens with one attached hydrogen (secondary N) is 1. The van der Waals surface area contributed by atoms with Crippen molar-refractivity contribution in [1.82, 2.24) is 9.97 Å². The second-order valence-corrected chi connectivity index (χ2v) is 4.37. The van der Waals surface area contributed by atoms with Crippen LogP contribution in [0.3, 0.4) is 0 Å². The third-order valence-electron chi connectivity index (χ3n) is 2.68. The zero-order valence-electron chi connectivity index (χ0n) is 10.8. The Labute approximate surface area is 115 Å². The second kappa shape index (κ2) is 5.40. The number of nitrogens with zero attached hydrogens (tertiary/aromatic N) is 2. The number of aryl methyl sites for hydroxylation is 2. The fourth-order valence-electron chi connectivity index (χ4n) is 1.53. The lowest BCUT2D eigenvalue weighted by Gasteiger charge is -2.10. The maximum atomic E-state index is 13.3. The molecule has 0 spiro atoms. The summed E-state index contributed by atoms with van der Waals surface area (Å²) in [4.78, 5) is 8.47. The largest absolute Gasteiger partial charge is 0.494 e. The summed E-state index contributed by atoms with van der Waals surface area (Å²) in [5, 5.41) is 3.26. The van der Waals surface area contributed by atoms with Gasteiger partial charge in [-0.25, -0.2) is 14.4 Å². The molecule has 4 nitrogen and oxygen atoms in total. The average molecular weight is 282 g/mol. The van der Waals surface area contributed by atoms with Crippen LogP contribution in [0.4, 0.5) is 15.9 Å². The molecular formula is C13H13ClFN3O. The first-order valence-corrected chi connectivity index (χ1v) is 6.00. The molecule has 0 atom stereocenters. The van der Waals surface area contributed by atoms with Crippen LogP contribution in [-0.2, 0) is 0 Å². The van der Waals surface area contributed by atoms with Crippen LogP contribution in [-0.4, -0.2) is 17.1 Å². The first-order chi connectivity index (χ1) is 9.01. The number of ether oxygens (including phenoxy) is 1. The van der Waals surface area contributed by atoms with E-state index >= 15 is 0 Å². The van der Waals surface area contributed by atoms with E-state index in [2.05, 4.69) is 15.3 Å². The Morgan fingerprint density at radius 2 is 1.89 bits per heavy atom. The predicted octanol–water partition coefficient (Wildman–Crippen LogP) is 3.64. The summed E-state index contributed by atoms with van der Waals surface area (Å²) >= 11 is 6.01. The predicted molar refractivity (Wildman–Crippen MR) is 72.8 cm³/mol. The molecule has 0 fully saturated rings. The van der Waals surface area contributed by atoms with Gasteiger partial charge in [0.25, 0.3) is 0 Å². The highest BCUT2D eigenvalue weighted by Crippen LogP contribution is 2.26. The van der Waals surface area contributed by atoms with Crippen LogP contribution in [0, 0.1) is 19.7 Å². The van der Waals surface area contributed by atoms with Gasteiger partial charge < -0.3 is 10.1 Å². The number of methoxy groups -OCH3 is 1. The first-order valence-electron chi connectivity index (χ1n) is 5.62. The molecule has 0 aliphatic rings. The molecule has 0 aliphatic carbocycles. The molecule has 0 bridgehead atoms. The summed E-state index contributed by atoms with van der Waals surface area (Å²) < 4.78 is 18.2. The molecule has 0 amide bonds. The number of hydrogen-bond donors (Lipinski definition) is 1. The van der Waals surface area contributed by atoms with Gasteiger partial charge in [0.05, 0.1) is 18.5 Å². The Morgan fingerprint density at radius 3 is 2.58 bits per heavy atom. The van der Waals surface area contributed by atoms with Gasteiger partial charge in [0.15, 0.2) is 22.5 Å². The standard InChI is InChI=1S/C13H13ClFN3O/c1-7-8(2)17-13(12(14)16-7)18-9-4-5-10(15)11(6-9)19-3/h4-6H,1-3H3,(H,17,18). The van der Waals surface area contributed by atoms with Crippen molar-refractivity contribution in [1.29, 1.82) is 0 Å². The SMILES string of the molecule is COc1cc(Nc2nc(C)c(C)nc2Cl)ccc1F. The maximum absolute atomic E-state index is 13.3. The van der Waals surface area contributed by atoms with E-state index < -0.39 is 5.82 Å². The van der Waals surface area contributed by atoms with Crippen molar-refractivity contribution in [3.63, 3.8) is 0 Å². The third-order valence-corrected chi connectivity index (χ3v) is 2.94. The first kappa shape index (κ1) is 13.5. The molecule has 2 aromatic rings. The molecule has 0 unspecified atom stereocenters. The molecule has 2 rings (SSSR count). The normalized spacial score (nSPS) is 10.4. The molecule has 0 saturated heterocycles. The van der Waals surface area contributed by atoms with Crippen LogP contribution in [0.25, 0.3) is 0 Å². The van der Waals surface area contributed by atoms with Crippen molar-refractivity contribution in [2.45, 2.75) is 13.8 Å². The van der Waals surface area contributed by atoms with Crippen molar-refractivity contribution >= 4 is 23.1 Å². The van der Waals surface area contributed by atoms with E-state index in [-0.39, 0.29) is 10.9 Å². The maximum Gasteiger partial charge on any atom is 0.172 e. The molecule has 1 heterocycles. The molecule has 6 heteroatoms. The minimum atomic E-state index is -0.426. The van der Waals surface area contributed by atoms with E-state index in [1.165, 1.54) is 19.2 Å². The quantitative estimate of drug-likeness (QED) is 0.933. The lowest BCUT2D eigenvalue weighted by Crippen LogP contribution is -2.01. The van der Waals surface area contributed by atoms with Gasteiger partial charge in [-0.3, -0.25) is 0 Å². The Bertz CT molecular complexity index is 619. The Morgan fingerprint density at radius 1 is 1.21 bits per heavy atom. The number of aromatic nitrogens is 2. The van der Waals surface area contributed by atoms with Crippen molar-refractivity contribution in [3.05, 3.63) is 40.6 Å². The zero-order chi connectivity index (χ0) is 14.0. The molecule has 0 saturated carbocycles. The summed E-state index contributed by atoms with van der Waals surface area (Å²) in [5.41, 5.74) is 2.17. The molecule has 1 aromatic carbocycles. The van der Waals surface area contributed by atoms with E-state index in [9.17, 15) is 4.39 Å². The summed E-state index contributed by atoms with van der Waals surface area (Å²) in [7, 11) is 1.41. The Kier molecular flexibility index (Phi) is 3.85. The fourth-order valence-corrected chi connectivity index (χ4v) is 1.75. The van der Waals surface area contributed by atoms with Crippen LogP contribution < -0.4 is 10.1 Å². The topological polar surface area (TPSA) is 47.0 Å². The van der Waals surface area contributed by atoms with Crippen molar-refractivity contribution in [3.8, 4) is 5.75 Å². The number of rotatable bonds is 3. The minimum absolute atomic E-state index is 0.151. The summed E-state index contributed by atoms with van der Waals surface area (Å²) in [5.74, 6) is 0.154. The molecule has 1 N–H and O–H groups in total. The van der Waals surface area contributed by atoms with Crippen LogP contribution in [0.2, 0.25) is 5.15 Å². The minimum Gasteiger partial charge on any atom is -0.494 e. The smallest absolute Gasteiger partial charge is 0.172 e. The van der Waals surface area contributed by atoms with E-state index in [1.807, 2.05) is 13.8 Å². The van der Waals surface area contributed by atoms with Crippen LogP contribution in [0.5, 0.6) is 5.75 Å². The van der Waals surface area contributed by atoms with Gasteiger partial charge >= 0.3 is 0 Å². The molecular weight excluding hydrogens is 269 g/mol. The Hall–Kier alpha value is -1.88. The molecule has 19 heavy (non-hydrogen) atoms. The van der Waals surface area contributed by atoms with Crippen molar-refractivity contribution in [2.75, 3.05) is 12.4 Å². The number of halogens is 2. The van der Waals surface area contributed by atoms with Gasteiger partial charge in [-0.15, -0.1) is 0 Å². The summed E-state index contributed by atoms with van der Waals surface area (Å²) in [6, 6.07) is 4.41. The van der Waals surface area contributed by atoms with Crippen LogP contribution in [0.15, 0.2) is 18.2 Å². The number of hydrogen-bond acceptors (Lipinski definition) is 4. The van der Waals surface area contributed by atoms with Gasteiger partial charge in [-0.05, 0) is 26.0 Å². The van der Waals surface area contributed by atoms with Crippen molar-refractivity contribution < 1.29 is 9.13 Å². The highest BCUT2D eigenvalue weighted by molar-refractivity contribution is 6.31. The number of anilines is 2. The molecule has 100 valence electrons. The summed E-state index contributed by atoms with van der Waals surface area (Å²) in [6.07, 6.45) is 0. The lowest BCUT2D eigenvalue weighted by atomic mass is 10.3. The highest BCUT2D eigenvalue weighted by atomic mass is 35.5. The van der Waals surface area contributed by atoms with Crippen molar-refractivity contribution in [2.24, 2.45) is 0 Å². The van der Waals surface area contributed by atoms with Gasteiger partial charge in [0.1, 0.15) is 0 Å². The molecule has 1 aromatic heterocycles. The monoisotopic (exact) mass is 281 g/mol. The average Bonchev–Trinajstić information content (AvgIpc) is 2.38. The Balaban J connectivity index is 2.33. The third kappa shape index (κ3) is 2.93. The fraction of sp³-hybridized carbons (Fsp3) is 0.231. The van der Waals surface area contributed by atoms with Gasteiger partial charge in [-0.2, -0.15) is 0 Å². The number of benzene rings is 1. The van der Waals surface area contributed by atoms with E-state index in [0.717, 1.165) is 11.4 Å². The highest BCUT2D eigenvalue weighted by Gasteiger charge is 2.09. The lowest BCUT2D eigenvalue weighted by molar-refractivity contribution is 0.387. The van der Waals surface area contributed by atoms with Gasteiger partial charge in [0, 0.05) is 11.8 Å². The van der Waals surface area contributed by atoms with Gasteiger partial charge in [-0.1, -0.05) is 11.6 Å². The van der Waals surface area contributed by atoms with E-state index in [1.54, 1.807) is 6.07 Å². The summed E-state index contributed by atoms with van der Waals surface area (Å²) in [6.45, 7) is 3.67. The van der Waals surface area contributed by atoms with E-state index in [0.29, 0.717) is 11.5 Å². The molecule has 0 radical (unpaired) electrons. The second-order valence-electron chi connectivity index (χ2n) is 4.01. The van der Waals surface area contributed by atoms with Gasteiger partial charge in [0.2, 0.25) is 0 Å². The van der Waals surface area contributed by atoms with Crippen LogP contribution >= 0.6 is 11.6 Å². The zero-order valence-corrected chi connectivity index (χ0v) is 11.5. The van der Waals surface area contributed by atoms with E-state index in [4.69, 9.17) is 16.3 Å².